The van der Waals surface area contributed by atoms with Gasteiger partial charge in [0.2, 0.25) is 5.91 Å². The quantitative estimate of drug-likeness (QED) is 0.175. The lowest BCUT2D eigenvalue weighted by molar-refractivity contribution is -0.175. The first-order chi connectivity index (χ1) is 14.2. The summed E-state index contributed by atoms with van der Waals surface area (Å²) in [6.07, 6.45) is -7.28. The first-order valence-electron chi connectivity index (χ1n) is 8.58. The molecule has 11 nitrogen and oxygen atoms in total. The summed E-state index contributed by atoms with van der Waals surface area (Å²) < 4.78 is 41.5. The number of carbonyl (C=O) groups excluding carboxylic acids is 4. The third kappa shape index (κ3) is 11.2. The zero-order valence-electron chi connectivity index (χ0n) is 16.1. The number of nitrogens with one attached hydrogen (secondary N) is 2. The fourth-order valence-corrected chi connectivity index (χ4v) is 2.35. The second-order valence-electron chi connectivity index (χ2n) is 6.23. The smallest absolute Gasteiger partial charge is 0.471 e. The Labute approximate surface area is 179 Å². The average molecular weight is 474 g/mol. The molecule has 0 aliphatic heterocycles. The summed E-state index contributed by atoms with van der Waals surface area (Å²) in [6, 6.07) is -3.42. The SMILES string of the molecule is CC(=O)OC[C@H](CC(=O)CC[C@H](NC(=O)C(F)(F)F)C(=O)O)C(=O)N[C@@H](CS)C(=O)O. The van der Waals surface area contributed by atoms with Gasteiger partial charge in [-0.05, 0) is 6.42 Å². The van der Waals surface area contributed by atoms with Gasteiger partial charge in [-0.3, -0.25) is 19.2 Å². The van der Waals surface area contributed by atoms with Crippen LogP contribution in [0.3, 0.4) is 0 Å². The lowest BCUT2D eigenvalue weighted by Crippen LogP contribution is -2.47. The Morgan fingerprint density at radius 1 is 1.00 bits per heavy atom. The fraction of sp³-hybridized carbons (Fsp3) is 0.625. The average Bonchev–Trinajstić information content (AvgIpc) is 2.64. The van der Waals surface area contributed by atoms with Gasteiger partial charge in [0.15, 0.2) is 0 Å². The van der Waals surface area contributed by atoms with E-state index in [2.05, 4.69) is 22.7 Å². The number of ether oxygens (including phenoxy) is 1. The van der Waals surface area contributed by atoms with Crippen molar-refractivity contribution in [3.63, 3.8) is 0 Å². The molecule has 176 valence electrons. The monoisotopic (exact) mass is 474 g/mol. The fourth-order valence-electron chi connectivity index (χ4n) is 2.10. The van der Waals surface area contributed by atoms with E-state index in [1.807, 2.05) is 0 Å². The molecule has 0 saturated heterocycles. The minimum atomic E-state index is -5.32. The molecule has 0 aromatic rings. The van der Waals surface area contributed by atoms with Crippen LogP contribution in [0.1, 0.15) is 26.2 Å². The maximum absolute atomic E-state index is 12.3. The number of carboxylic acid groups (broad SMARTS) is 2. The molecular formula is C16H21F3N2O9S. The number of hydrogen-bond donors (Lipinski definition) is 5. The minimum absolute atomic E-state index is 0.283. The van der Waals surface area contributed by atoms with Crippen LogP contribution in [0, 0.1) is 5.92 Å². The van der Waals surface area contributed by atoms with Crippen LogP contribution in [0.4, 0.5) is 13.2 Å². The third-order valence-electron chi connectivity index (χ3n) is 3.70. The molecule has 0 aliphatic rings. The Balaban J connectivity index is 5.09. The Morgan fingerprint density at radius 3 is 1.97 bits per heavy atom. The highest BCUT2D eigenvalue weighted by molar-refractivity contribution is 7.80. The molecule has 0 unspecified atom stereocenters. The molecule has 2 amide bonds. The van der Waals surface area contributed by atoms with Crippen LogP contribution >= 0.6 is 12.6 Å². The summed E-state index contributed by atoms with van der Waals surface area (Å²) in [4.78, 5) is 68.2. The standard InChI is InChI=1S/C16H21F3N2O9S/c1-7(22)30-5-8(12(24)20-11(6-31)14(27)28)4-9(23)2-3-10(13(25)26)21-15(29)16(17,18)19/h8,10-11,31H,2-6H2,1H3,(H,20,24)(H,21,29)(H,25,26)(H,27,28)/t8-,10-,11-/m0/s1. The molecular weight excluding hydrogens is 453 g/mol. The second kappa shape index (κ2) is 12.8. The van der Waals surface area contributed by atoms with Gasteiger partial charge in [0.25, 0.3) is 0 Å². The van der Waals surface area contributed by atoms with Gasteiger partial charge in [0.05, 0.1) is 5.92 Å². The van der Waals surface area contributed by atoms with E-state index in [1.165, 1.54) is 5.32 Å². The largest absolute Gasteiger partial charge is 0.480 e. The molecule has 0 rings (SSSR count). The number of thiol groups is 1. The van der Waals surface area contributed by atoms with E-state index < -0.39 is 85.6 Å². The maximum Gasteiger partial charge on any atom is 0.471 e. The Bertz CT molecular complexity index is 715. The predicted octanol–water partition coefficient (Wildman–Crippen LogP) is -0.464. The summed E-state index contributed by atoms with van der Waals surface area (Å²) in [5.41, 5.74) is 0. The van der Waals surface area contributed by atoms with Gasteiger partial charge >= 0.3 is 30.0 Å². The summed E-state index contributed by atoms with van der Waals surface area (Å²) in [6.45, 7) is 0.421. The molecule has 4 N–H and O–H groups in total. The number of hydrogen-bond acceptors (Lipinski definition) is 8. The van der Waals surface area contributed by atoms with Crippen LogP contribution in [0.25, 0.3) is 0 Å². The van der Waals surface area contributed by atoms with Crippen LogP contribution < -0.4 is 10.6 Å². The van der Waals surface area contributed by atoms with Gasteiger partial charge in [0, 0.05) is 25.5 Å². The van der Waals surface area contributed by atoms with Gasteiger partial charge in [-0.1, -0.05) is 0 Å². The van der Waals surface area contributed by atoms with Crippen LogP contribution in [0.2, 0.25) is 0 Å². The summed E-state index contributed by atoms with van der Waals surface area (Å²) in [5.74, 6) is -9.89. The lowest BCUT2D eigenvalue weighted by Gasteiger charge is -2.19. The molecule has 0 saturated carbocycles. The molecule has 0 heterocycles. The number of rotatable bonds is 13. The van der Waals surface area contributed by atoms with E-state index in [9.17, 15) is 41.9 Å². The van der Waals surface area contributed by atoms with Gasteiger partial charge in [0.1, 0.15) is 24.5 Å². The van der Waals surface area contributed by atoms with E-state index in [0.29, 0.717) is 0 Å². The summed E-state index contributed by atoms with van der Waals surface area (Å²) in [5, 5.41) is 21.2. The second-order valence-corrected chi connectivity index (χ2v) is 6.59. The normalized spacial score (nSPS) is 14.0. The number of aliphatic carboxylic acids is 2. The third-order valence-corrected chi connectivity index (χ3v) is 4.07. The summed E-state index contributed by atoms with van der Waals surface area (Å²) in [7, 11) is 0. The van der Waals surface area contributed by atoms with Crippen molar-refractivity contribution in [1.82, 2.24) is 10.6 Å². The molecule has 3 atom stereocenters. The molecule has 0 aromatic heterocycles. The molecule has 15 heteroatoms. The van der Waals surface area contributed by atoms with Crippen molar-refractivity contribution in [2.24, 2.45) is 5.92 Å². The Kier molecular flexibility index (Phi) is 11.6. The molecule has 0 fully saturated rings. The molecule has 0 aliphatic carbocycles. The van der Waals surface area contributed by atoms with E-state index in [4.69, 9.17) is 10.2 Å². The predicted molar refractivity (Wildman–Crippen MR) is 98.0 cm³/mol. The highest BCUT2D eigenvalue weighted by atomic mass is 32.1. The summed E-state index contributed by atoms with van der Waals surface area (Å²) >= 11 is 3.76. The number of carbonyl (C=O) groups is 6. The molecule has 31 heavy (non-hydrogen) atoms. The molecule has 0 radical (unpaired) electrons. The van der Waals surface area contributed by atoms with Crippen molar-refractivity contribution in [3.05, 3.63) is 0 Å². The highest BCUT2D eigenvalue weighted by Crippen LogP contribution is 2.16. The van der Waals surface area contributed by atoms with E-state index in [-0.39, 0.29) is 5.75 Å². The number of amides is 2. The number of esters is 1. The van der Waals surface area contributed by atoms with Crippen LogP contribution in [0.15, 0.2) is 0 Å². The Morgan fingerprint density at radius 2 is 1.55 bits per heavy atom. The molecule has 0 aromatic carbocycles. The van der Waals surface area contributed by atoms with Gasteiger partial charge in [-0.2, -0.15) is 25.8 Å². The van der Waals surface area contributed by atoms with Crippen molar-refractivity contribution in [2.45, 2.75) is 44.4 Å². The zero-order chi connectivity index (χ0) is 24.4. The van der Waals surface area contributed by atoms with Gasteiger partial charge in [-0.15, -0.1) is 0 Å². The van der Waals surface area contributed by atoms with Crippen LogP contribution in [-0.2, 0) is 33.5 Å². The number of carboxylic acids is 2. The minimum Gasteiger partial charge on any atom is -0.480 e. The van der Waals surface area contributed by atoms with Gasteiger partial charge in [-0.25, -0.2) is 9.59 Å². The van der Waals surface area contributed by atoms with Crippen LogP contribution in [0.5, 0.6) is 0 Å². The van der Waals surface area contributed by atoms with Crippen molar-refractivity contribution >= 4 is 48.1 Å². The lowest BCUT2D eigenvalue weighted by atomic mass is 9.98. The number of halogens is 3. The van der Waals surface area contributed by atoms with Gasteiger partial charge < -0.3 is 25.6 Å². The van der Waals surface area contributed by atoms with Crippen molar-refractivity contribution in [2.75, 3.05) is 12.4 Å². The maximum atomic E-state index is 12.3. The molecule has 0 bridgehead atoms. The number of ketones is 1. The Hall–Kier alpha value is -2.84. The van der Waals surface area contributed by atoms with Crippen LogP contribution in [-0.4, -0.2) is 76.3 Å². The first-order valence-corrected chi connectivity index (χ1v) is 9.21. The first kappa shape index (κ1) is 28.2. The topological polar surface area (TPSA) is 176 Å². The van der Waals surface area contributed by atoms with Crippen molar-refractivity contribution in [1.29, 1.82) is 0 Å². The van der Waals surface area contributed by atoms with E-state index in [1.54, 1.807) is 0 Å². The van der Waals surface area contributed by atoms with E-state index in [0.717, 1.165) is 6.92 Å². The highest BCUT2D eigenvalue weighted by Gasteiger charge is 2.41. The van der Waals surface area contributed by atoms with Crippen molar-refractivity contribution in [3.8, 4) is 0 Å². The molecule has 0 spiro atoms. The number of Topliss-reactive ketones (excluding diaryl/α,β-unsaturated/α-hetero) is 1. The number of alkyl halides is 3. The van der Waals surface area contributed by atoms with E-state index >= 15 is 0 Å². The van der Waals surface area contributed by atoms with Crippen molar-refractivity contribution < 1.29 is 56.9 Å². The zero-order valence-corrected chi connectivity index (χ0v) is 17.0.